The second-order valence-electron chi connectivity index (χ2n) is 7.84. The number of carbonyl (C=O) groups excluding carboxylic acids is 1. The molecule has 1 heterocycles. The summed E-state index contributed by atoms with van der Waals surface area (Å²) in [6, 6.07) is 26.8. The lowest BCUT2D eigenvalue weighted by atomic mass is 9.96. The van der Waals surface area contributed by atoms with Gasteiger partial charge in [-0.25, -0.2) is 0 Å². The molecule has 1 aliphatic heterocycles. The van der Waals surface area contributed by atoms with Crippen LogP contribution in [0.25, 0.3) is 0 Å². The van der Waals surface area contributed by atoms with Crippen LogP contribution in [0.4, 0.5) is 0 Å². The van der Waals surface area contributed by atoms with Crippen LogP contribution in [0.3, 0.4) is 0 Å². The lowest BCUT2D eigenvalue weighted by molar-refractivity contribution is -0.133. The average molecular weight is 453 g/mol. The Labute approximate surface area is 194 Å². The van der Waals surface area contributed by atoms with E-state index in [0.29, 0.717) is 22.9 Å². The molecule has 160 valence electrons. The highest BCUT2D eigenvalue weighted by Crippen LogP contribution is 2.30. The standard InChI is InChI=1S/C26H26Cl2N2O/c27-23-12-7-13-24(28)22(23)14-15-25(31)29-16-18-30(19-17-29)26(20-8-3-1-4-9-20)21-10-5-2-6-11-21/h1-13,26H,14-19H2. The van der Waals surface area contributed by atoms with Gasteiger partial charge in [-0.3, -0.25) is 9.69 Å². The van der Waals surface area contributed by atoms with Crippen molar-refractivity contribution in [2.24, 2.45) is 0 Å². The van der Waals surface area contributed by atoms with Crippen LogP contribution >= 0.6 is 23.2 Å². The van der Waals surface area contributed by atoms with Crippen molar-refractivity contribution >= 4 is 29.1 Å². The molecule has 3 aromatic carbocycles. The van der Waals surface area contributed by atoms with Crippen molar-refractivity contribution < 1.29 is 4.79 Å². The number of carbonyl (C=O) groups is 1. The molecule has 0 unspecified atom stereocenters. The molecule has 1 amide bonds. The van der Waals surface area contributed by atoms with Gasteiger partial charge in [-0.1, -0.05) is 89.9 Å². The molecule has 0 atom stereocenters. The van der Waals surface area contributed by atoms with Crippen LogP contribution in [0.1, 0.15) is 29.2 Å². The first-order chi connectivity index (χ1) is 15.1. The number of halogens is 2. The van der Waals surface area contributed by atoms with Crippen LogP contribution in [-0.4, -0.2) is 41.9 Å². The zero-order valence-electron chi connectivity index (χ0n) is 17.4. The zero-order chi connectivity index (χ0) is 21.6. The largest absolute Gasteiger partial charge is 0.340 e. The Bertz CT molecular complexity index is 943. The maximum atomic E-state index is 12.8. The molecule has 0 aliphatic carbocycles. The molecule has 1 fully saturated rings. The quantitative estimate of drug-likeness (QED) is 0.467. The van der Waals surface area contributed by atoms with Gasteiger partial charge >= 0.3 is 0 Å². The SMILES string of the molecule is O=C(CCc1c(Cl)cccc1Cl)N1CCN(C(c2ccccc2)c2ccccc2)CC1. The highest BCUT2D eigenvalue weighted by Gasteiger charge is 2.28. The molecule has 4 rings (SSSR count). The van der Waals surface area contributed by atoms with Gasteiger partial charge < -0.3 is 4.90 Å². The minimum atomic E-state index is 0.159. The summed E-state index contributed by atoms with van der Waals surface area (Å²) in [7, 11) is 0. The van der Waals surface area contributed by atoms with Crippen LogP contribution in [0, 0.1) is 0 Å². The number of hydrogen-bond acceptors (Lipinski definition) is 2. The van der Waals surface area contributed by atoms with Gasteiger partial charge in [-0.2, -0.15) is 0 Å². The Morgan fingerprint density at radius 2 is 1.26 bits per heavy atom. The fraction of sp³-hybridized carbons (Fsp3) is 0.269. The van der Waals surface area contributed by atoms with Gasteiger partial charge in [0.15, 0.2) is 0 Å². The number of nitrogens with zero attached hydrogens (tertiary/aromatic N) is 2. The van der Waals surface area contributed by atoms with Gasteiger partial charge in [-0.15, -0.1) is 0 Å². The average Bonchev–Trinajstić information content (AvgIpc) is 2.81. The number of hydrogen-bond donors (Lipinski definition) is 0. The first-order valence-corrected chi connectivity index (χ1v) is 11.4. The van der Waals surface area contributed by atoms with Crippen molar-refractivity contribution in [3.63, 3.8) is 0 Å². The highest BCUT2D eigenvalue weighted by atomic mass is 35.5. The third-order valence-corrected chi connectivity index (χ3v) is 6.62. The van der Waals surface area contributed by atoms with Gasteiger partial charge in [0.1, 0.15) is 0 Å². The molecular formula is C26H26Cl2N2O. The maximum absolute atomic E-state index is 12.8. The molecule has 0 spiro atoms. The van der Waals surface area contributed by atoms with E-state index in [1.165, 1.54) is 11.1 Å². The topological polar surface area (TPSA) is 23.6 Å². The fourth-order valence-corrected chi connectivity index (χ4v) is 4.86. The Morgan fingerprint density at radius 3 is 1.77 bits per heavy atom. The van der Waals surface area contributed by atoms with Crippen molar-refractivity contribution in [3.05, 3.63) is 106 Å². The lowest BCUT2D eigenvalue weighted by Gasteiger charge is -2.40. The molecule has 1 aliphatic rings. The van der Waals surface area contributed by atoms with E-state index in [9.17, 15) is 4.79 Å². The molecular weight excluding hydrogens is 427 g/mol. The summed E-state index contributed by atoms with van der Waals surface area (Å²) in [5.74, 6) is 0.159. The molecule has 0 saturated carbocycles. The first kappa shape index (κ1) is 21.9. The molecule has 5 heteroatoms. The monoisotopic (exact) mass is 452 g/mol. The van der Waals surface area contributed by atoms with Crippen LogP contribution in [0.2, 0.25) is 10.0 Å². The van der Waals surface area contributed by atoms with Crippen LogP contribution in [-0.2, 0) is 11.2 Å². The van der Waals surface area contributed by atoms with Crippen LogP contribution < -0.4 is 0 Å². The molecule has 1 saturated heterocycles. The normalized spacial score (nSPS) is 14.7. The highest BCUT2D eigenvalue weighted by molar-refractivity contribution is 6.36. The van der Waals surface area contributed by atoms with E-state index in [-0.39, 0.29) is 11.9 Å². The second kappa shape index (κ2) is 10.3. The summed E-state index contributed by atoms with van der Waals surface area (Å²) in [5, 5.41) is 1.25. The number of amides is 1. The molecule has 31 heavy (non-hydrogen) atoms. The van der Waals surface area contributed by atoms with Crippen LogP contribution in [0.5, 0.6) is 0 Å². The summed E-state index contributed by atoms with van der Waals surface area (Å²) in [6.07, 6.45) is 0.985. The Hall–Kier alpha value is -2.33. The third kappa shape index (κ3) is 5.30. The number of piperazine rings is 1. The van der Waals surface area contributed by atoms with E-state index in [0.717, 1.165) is 31.7 Å². The second-order valence-corrected chi connectivity index (χ2v) is 8.66. The zero-order valence-corrected chi connectivity index (χ0v) is 18.9. The summed E-state index contributed by atoms with van der Waals surface area (Å²) in [6.45, 7) is 3.14. The van der Waals surface area contributed by atoms with E-state index in [1.807, 2.05) is 35.2 Å². The van der Waals surface area contributed by atoms with Crippen molar-refractivity contribution in [3.8, 4) is 0 Å². The molecule has 3 nitrogen and oxygen atoms in total. The minimum Gasteiger partial charge on any atom is -0.340 e. The lowest BCUT2D eigenvalue weighted by Crippen LogP contribution is -2.49. The Kier molecular flexibility index (Phi) is 7.29. The molecule has 0 radical (unpaired) electrons. The predicted molar refractivity (Wildman–Crippen MR) is 128 cm³/mol. The third-order valence-electron chi connectivity index (χ3n) is 5.91. The van der Waals surface area contributed by atoms with Gasteiger partial charge in [0, 0.05) is 42.6 Å². The minimum absolute atomic E-state index is 0.159. The van der Waals surface area contributed by atoms with Crippen molar-refractivity contribution in [2.45, 2.75) is 18.9 Å². The Morgan fingerprint density at radius 1 is 0.742 bits per heavy atom. The number of rotatable bonds is 6. The summed E-state index contributed by atoms with van der Waals surface area (Å²) in [5.41, 5.74) is 3.41. The van der Waals surface area contributed by atoms with Crippen LogP contribution in [0.15, 0.2) is 78.9 Å². The Balaban J connectivity index is 1.40. The predicted octanol–water partition coefficient (Wildman–Crippen LogP) is 5.86. The van der Waals surface area contributed by atoms with E-state index in [2.05, 4.69) is 53.4 Å². The van der Waals surface area contributed by atoms with E-state index < -0.39 is 0 Å². The molecule has 3 aromatic rings. The first-order valence-electron chi connectivity index (χ1n) is 10.7. The molecule has 0 aromatic heterocycles. The molecule has 0 bridgehead atoms. The molecule has 0 N–H and O–H groups in total. The summed E-state index contributed by atoms with van der Waals surface area (Å²) >= 11 is 12.5. The van der Waals surface area contributed by atoms with E-state index in [1.54, 1.807) is 0 Å². The van der Waals surface area contributed by atoms with Gasteiger partial charge in [0.05, 0.1) is 6.04 Å². The summed E-state index contributed by atoms with van der Waals surface area (Å²) in [4.78, 5) is 17.3. The number of benzene rings is 3. The van der Waals surface area contributed by atoms with Crippen molar-refractivity contribution in [1.29, 1.82) is 0 Å². The van der Waals surface area contributed by atoms with Gasteiger partial charge in [0.25, 0.3) is 0 Å². The van der Waals surface area contributed by atoms with E-state index in [4.69, 9.17) is 23.2 Å². The summed E-state index contributed by atoms with van der Waals surface area (Å²) < 4.78 is 0. The van der Waals surface area contributed by atoms with Gasteiger partial charge in [0.2, 0.25) is 5.91 Å². The smallest absolute Gasteiger partial charge is 0.222 e. The maximum Gasteiger partial charge on any atom is 0.222 e. The fourth-order valence-electron chi connectivity index (χ4n) is 4.28. The van der Waals surface area contributed by atoms with E-state index >= 15 is 0 Å². The van der Waals surface area contributed by atoms with Crippen molar-refractivity contribution in [2.75, 3.05) is 26.2 Å². The van der Waals surface area contributed by atoms with Gasteiger partial charge in [-0.05, 0) is 35.2 Å². The van der Waals surface area contributed by atoms with Crippen molar-refractivity contribution in [1.82, 2.24) is 9.80 Å².